The van der Waals surface area contributed by atoms with Gasteiger partial charge in [0.25, 0.3) is 5.24 Å². The molecule has 0 saturated carbocycles. The average Bonchev–Trinajstić information content (AvgIpc) is 2.52. The first-order valence-corrected chi connectivity index (χ1v) is 4.97. The Morgan fingerprint density at radius 1 is 1.54 bits per heavy atom. The van der Waals surface area contributed by atoms with Crippen LogP contribution >= 0.6 is 34.2 Å². The van der Waals surface area contributed by atoms with E-state index >= 15 is 0 Å². The largest absolute Gasteiger partial charge is 0.345 e. The summed E-state index contributed by atoms with van der Waals surface area (Å²) in [6.07, 6.45) is 1.59. The Kier molecular flexibility index (Phi) is 2.25. The number of H-pyrrole nitrogens is 1. The highest BCUT2D eigenvalue weighted by Gasteiger charge is 2.11. The van der Waals surface area contributed by atoms with E-state index in [2.05, 4.69) is 32.6 Å². The van der Waals surface area contributed by atoms with E-state index in [1.807, 2.05) is 0 Å². The number of nitrogens with one attached hydrogen (secondary N) is 1. The maximum atomic E-state index is 11.0. The maximum Gasteiger partial charge on any atom is 0.253 e. The van der Waals surface area contributed by atoms with Crippen LogP contribution in [0.3, 0.4) is 0 Å². The quantitative estimate of drug-likeness (QED) is 0.650. The molecule has 5 heteroatoms. The van der Waals surface area contributed by atoms with Gasteiger partial charge in [-0.25, -0.2) is 4.98 Å². The third-order valence-electron chi connectivity index (χ3n) is 1.74. The Morgan fingerprint density at radius 3 is 3.00 bits per heavy atom. The van der Waals surface area contributed by atoms with Gasteiger partial charge in [-0.15, -0.1) is 0 Å². The molecule has 0 aliphatic rings. The number of hydrogen-bond donors (Lipinski definition) is 1. The van der Waals surface area contributed by atoms with Crippen molar-refractivity contribution in [3.8, 4) is 0 Å². The van der Waals surface area contributed by atoms with Crippen LogP contribution in [0.1, 0.15) is 10.4 Å². The highest BCUT2D eigenvalue weighted by molar-refractivity contribution is 14.1. The smallest absolute Gasteiger partial charge is 0.253 e. The second-order valence-corrected chi connectivity index (χ2v) is 3.92. The van der Waals surface area contributed by atoms with Crippen molar-refractivity contribution in [2.24, 2.45) is 0 Å². The molecule has 0 spiro atoms. The van der Waals surface area contributed by atoms with Crippen LogP contribution in [-0.4, -0.2) is 15.2 Å². The van der Waals surface area contributed by atoms with E-state index in [0.717, 1.165) is 14.6 Å². The minimum atomic E-state index is -0.450. The molecule has 0 amide bonds. The number of carbonyl (C=O) groups is 1. The van der Waals surface area contributed by atoms with Gasteiger partial charge >= 0.3 is 0 Å². The van der Waals surface area contributed by atoms with Crippen molar-refractivity contribution in [3.63, 3.8) is 0 Å². The molecule has 2 aromatic rings. The number of hydrogen-bond acceptors (Lipinski definition) is 2. The van der Waals surface area contributed by atoms with Crippen molar-refractivity contribution >= 4 is 50.5 Å². The topological polar surface area (TPSA) is 45.8 Å². The number of fused-ring (bicyclic) bond motifs is 1. The zero-order valence-electron chi connectivity index (χ0n) is 6.34. The third kappa shape index (κ3) is 1.44. The molecule has 1 heterocycles. The molecule has 3 nitrogen and oxygen atoms in total. The third-order valence-corrected chi connectivity index (χ3v) is 3.04. The first-order chi connectivity index (χ1) is 6.20. The van der Waals surface area contributed by atoms with Gasteiger partial charge in [-0.1, -0.05) is 0 Å². The maximum absolute atomic E-state index is 11.0. The predicted octanol–water partition coefficient (Wildman–Crippen LogP) is 2.55. The number of nitrogens with zero attached hydrogens (tertiary/aromatic N) is 1. The highest BCUT2D eigenvalue weighted by atomic mass is 127. The van der Waals surface area contributed by atoms with Gasteiger partial charge in [0.15, 0.2) is 0 Å². The predicted molar refractivity (Wildman–Crippen MR) is 59.0 cm³/mol. The fourth-order valence-electron chi connectivity index (χ4n) is 1.13. The lowest BCUT2D eigenvalue weighted by Crippen LogP contribution is -1.93. The van der Waals surface area contributed by atoms with Gasteiger partial charge < -0.3 is 4.98 Å². The van der Waals surface area contributed by atoms with Gasteiger partial charge in [0.05, 0.1) is 15.4 Å². The first kappa shape index (κ1) is 8.96. The number of rotatable bonds is 1. The van der Waals surface area contributed by atoms with Crippen LogP contribution in [0, 0.1) is 3.57 Å². The first-order valence-electron chi connectivity index (χ1n) is 3.51. The van der Waals surface area contributed by atoms with Crippen LogP contribution < -0.4 is 0 Å². The summed E-state index contributed by atoms with van der Waals surface area (Å²) in [5.74, 6) is 0. The zero-order valence-corrected chi connectivity index (χ0v) is 9.26. The van der Waals surface area contributed by atoms with Crippen LogP contribution in [0.15, 0.2) is 18.5 Å². The molecule has 0 saturated heterocycles. The Hall–Kier alpha value is -0.620. The number of aromatic amines is 1. The number of benzene rings is 1. The van der Waals surface area contributed by atoms with Gasteiger partial charge in [0, 0.05) is 5.56 Å². The number of aromatic nitrogens is 2. The summed E-state index contributed by atoms with van der Waals surface area (Å²) in [7, 11) is 0. The second kappa shape index (κ2) is 3.26. The van der Waals surface area contributed by atoms with E-state index in [1.165, 1.54) is 0 Å². The molecule has 0 radical (unpaired) electrons. The average molecular weight is 306 g/mol. The van der Waals surface area contributed by atoms with Crippen LogP contribution in [0.4, 0.5) is 0 Å². The molecule has 1 N–H and O–H groups in total. The van der Waals surface area contributed by atoms with Crippen LogP contribution in [0.5, 0.6) is 0 Å². The van der Waals surface area contributed by atoms with Gasteiger partial charge in [0.1, 0.15) is 5.52 Å². The van der Waals surface area contributed by atoms with Crippen LogP contribution in [0.25, 0.3) is 11.0 Å². The molecular weight excluding hydrogens is 302 g/mol. The Labute approximate surface area is 92.6 Å². The van der Waals surface area contributed by atoms with Gasteiger partial charge in [0.2, 0.25) is 0 Å². The van der Waals surface area contributed by atoms with E-state index < -0.39 is 5.24 Å². The fourth-order valence-corrected chi connectivity index (χ4v) is 2.30. The van der Waals surface area contributed by atoms with Crippen molar-refractivity contribution in [1.29, 1.82) is 0 Å². The normalized spacial score (nSPS) is 10.6. The van der Waals surface area contributed by atoms with Crippen molar-refractivity contribution in [3.05, 3.63) is 27.6 Å². The van der Waals surface area contributed by atoms with E-state index in [-0.39, 0.29) is 0 Å². The molecular formula is C8H4ClIN2O. The van der Waals surface area contributed by atoms with Crippen molar-refractivity contribution in [1.82, 2.24) is 9.97 Å². The van der Waals surface area contributed by atoms with Crippen molar-refractivity contribution in [2.45, 2.75) is 0 Å². The van der Waals surface area contributed by atoms with E-state index in [9.17, 15) is 4.79 Å². The molecule has 1 aromatic carbocycles. The molecule has 0 aliphatic carbocycles. The van der Waals surface area contributed by atoms with Gasteiger partial charge in [-0.05, 0) is 46.3 Å². The molecule has 0 fully saturated rings. The number of halogens is 2. The SMILES string of the molecule is O=C(Cl)c1ccc2[nH]cnc2c1I. The Balaban J connectivity index is 2.80. The van der Waals surface area contributed by atoms with Crippen molar-refractivity contribution < 1.29 is 4.79 Å². The molecule has 0 bridgehead atoms. The number of carbonyl (C=O) groups excluding carboxylic acids is 1. The lowest BCUT2D eigenvalue weighted by atomic mass is 10.2. The fraction of sp³-hybridized carbons (Fsp3) is 0. The summed E-state index contributed by atoms with van der Waals surface area (Å²) in [6.45, 7) is 0. The van der Waals surface area contributed by atoms with E-state index in [1.54, 1.807) is 18.5 Å². The van der Waals surface area contributed by atoms with Crippen LogP contribution in [0.2, 0.25) is 0 Å². The highest BCUT2D eigenvalue weighted by Crippen LogP contribution is 2.22. The molecule has 1 aromatic heterocycles. The minimum Gasteiger partial charge on any atom is -0.345 e. The molecule has 0 unspecified atom stereocenters. The summed E-state index contributed by atoms with van der Waals surface area (Å²) >= 11 is 7.46. The lowest BCUT2D eigenvalue weighted by molar-refractivity contribution is 0.108. The molecule has 2 rings (SSSR count). The summed E-state index contributed by atoms with van der Waals surface area (Å²) in [5, 5.41) is -0.450. The Morgan fingerprint density at radius 2 is 2.31 bits per heavy atom. The summed E-state index contributed by atoms with van der Waals surface area (Å²) in [6, 6.07) is 3.48. The summed E-state index contributed by atoms with van der Waals surface area (Å²) in [5.41, 5.74) is 2.19. The van der Waals surface area contributed by atoms with E-state index in [4.69, 9.17) is 11.6 Å². The van der Waals surface area contributed by atoms with Crippen LogP contribution in [-0.2, 0) is 0 Å². The standard InChI is InChI=1S/C8H4ClIN2O/c9-8(13)4-1-2-5-7(6(4)10)12-3-11-5/h1-3H,(H,11,12). The summed E-state index contributed by atoms with van der Waals surface area (Å²) < 4.78 is 0.788. The van der Waals surface area contributed by atoms with Gasteiger partial charge in [-0.2, -0.15) is 0 Å². The molecule has 0 aliphatic heterocycles. The van der Waals surface area contributed by atoms with Gasteiger partial charge in [-0.3, -0.25) is 4.79 Å². The lowest BCUT2D eigenvalue weighted by Gasteiger charge is -1.98. The summed E-state index contributed by atoms with van der Waals surface area (Å²) in [4.78, 5) is 18.0. The Bertz CT molecular complexity index is 480. The molecule has 0 atom stereocenters. The monoisotopic (exact) mass is 306 g/mol. The number of imidazole rings is 1. The minimum absolute atomic E-state index is 0.450. The zero-order chi connectivity index (χ0) is 9.42. The molecule has 13 heavy (non-hydrogen) atoms. The second-order valence-electron chi connectivity index (χ2n) is 2.50. The van der Waals surface area contributed by atoms with E-state index in [0.29, 0.717) is 5.56 Å². The van der Waals surface area contributed by atoms with Crippen molar-refractivity contribution in [2.75, 3.05) is 0 Å². The molecule has 66 valence electrons.